The van der Waals surface area contributed by atoms with E-state index < -0.39 is 0 Å². The van der Waals surface area contributed by atoms with Crippen LogP contribution in [-0.2, 0) is 0 Å². The van der Waals surface area contributed by atoms with Crippen LogP contribution in [0, 0.1) is 11.8 Å². The van der Waals surface area contributed by atoms with Gasteiger partial charge in [-0.25, -0.2) is 0 Å². The number of nitrogens with zero attached hydrogens (tertiary/aromatic N) is 5. The molecule has 1 heterocycles. The number of aromatic nitrogens is 4. The number of benzene rings is 2. The molecule has 1 aromatic heterocycles. The van der Waals surface area contributed by atoms with E-state index in [9.17, 15) is 0 Å². The summed E-state index contributed by atoms with van der Waals surface area (Å²) in [4.78, 5) is 1.15. The molecule has 21 heavy (non-hydrogen) atoms. The molecule has 0 aliphatic carbocycles. The quantitative estimate of drug-likeness (QED) is 0.531. The normalized spacial score (nSPS) is 10.3. The first-order valence-corrected chi connectivity index (χ1v) is 6.37. The van der Waals surface area contributed by atoms with Gasteiger partial charge in [-0.15, -0.1) is 15.3 Å². The first-order valence-electron chi connectivity index (χ1n) is 6.37. The van der Waals surface area contributed by atoms with Crippen molar-refractivity contribution in [2.75, 3.05) is 0 Å². The standard InChI is InChI=1S/C16H11N5/c1-3-8-14(9-4-1)10-7-13-17-21-19-16(18-20-21)15-11-5-2-6-12-15/h1-6,8-9,11-13H. The minimum absolute atomic E-state index is 0.531. The molecular formula is C16H11N5. The zero-order valence-electron chi connectivity index (χ0n) is 11.1. The summed E-state index contributed by atoms with van der Waals surface area (Å²) in [5.74, 6) is 6.32. The smallest absolute Gasteiger partial charge is 0.129 e. The molecule has 3 aromatic rings. The minimum atomic E-state index is 0.531. The molecule has 0 fully saturated rings. The van der Waals surface area contributed by atoms with Gasteiger partial charge in [-0.1, -0.05) is 54.5 Å². The molecule has 100 valence electrons. The van der Waals surface area contributed by atoms with Crippen LogP contribution in [0.1, 0.15) is 5.56 Å². The van der Waals surface area contributed by atoms with Gasteiger partial charge in [0.15, 0.2) is 0 Å². The van der Waals surface area contributed by atoms with E-state index >= 15 is 0 Å². The third-order valence-electron chi connectivity index (χ3n) is 2.65. The van der Waals surface area contributed by atoms with Crippen LogP contribution in [0.2, 0.25) is 0 Å². The van der Waals surface area contributed by atoms with Gasteiger partial charge in [-0.3, -0.25) is 0 Å². The largest absolute Gasteiger partial charge is 0.207 e. The van der Waals surface area contributed by atoms with Crippen LogP contribution >= 0.6 is 0 Å². The summed E-state index contributed by atoms with van der Waals surface area (Å²) in [6, 6.07) is 19.3. The lowest BCUT2D eigenvalue weighted by Gasteiger charge is -1.90. The molecule has 0 saturated heterocycles. The Morgan fingerprint density at radius 2 is 1.67 bits per heavy atom. The van der Waals surface area contributed by atoms with Gasteiger partial charge < -0.3 is 0 Å². The summed E-state index contributed by atoms with van der Waals surface area (Å²) in [6.07, 6.45) is 1.45. The third kappa shape index (κ3) is 3.39. The SMILES string of the molecule is C(#Cc1ccccc1)C=Nn1nnc(-c2ccccc2)n1. The van der Waals surface area contributed by atoms with Crippen LogP contribution in [0.15, 0.2) is 65.8 Å². The van der Waals surface area contributed by atoms with Gasteiger partial charge in [0.25, 0.3) is 0 Å². The average molecular weight is 273 g/mol. The zero-order valence-corrected chi connectivity index (χ0v) is 11.1. The fourth-order valence-electron chi connectivity index (χ4n) is 1.68. The van der Waals surface area contributed by atoms with Crippen molar-refractivity contribution in [2.45, 2.75) is 0 Å². The molecule has 0 unspecified atom stereocenters. The molecule has 2 aromatic carbocycles. The van der Waals surface area contributed by atoms with Crippen molar-refractivity contribution in [3.8, 4) is 23.2 Å². The van der Waals surface area contributed by atoms with Crippen LogP contribution < -0.4 is 0 Å². The molecule has 0 bridgehead atoms. The summed E-state index contributed by atoms with van der Waals surface area (Å²) in [5, 5.41) is 15.9. The van der Waals surface area contributed by atoms with E-state index in [4.69, 9.17) is 0 Å². The Morgan fingerprint density at radius 3 is 2.43 bits per heavy atom. The Morgan fingerprint density at radius 1 is 0.952 bits per heavy atom. The van der Waals surface area contributed by atoms with E-state index in [2.05, 4.69) is 32.4 Å². The van der Waals surface area contributed by atoms with E-state index in [1.54, 1.807) is 0 Å². The molecule has 0 spiro atoms. The second kappa shape index (κ2) is 6.26. The molecule has 0 N–H and O–H groups in total. The van der Waals surface area contributed by atoms with E-state index in [0.717, 1.165) is 16.0 Å². The molecule has 0 aliphatic rings. The predicted octanol–water partition coefficient (Wildman–Crippen LogP) is 2.23. The van der Waals surface area contributed by atoms with Gasteiger partial charge in [0.1, 0.15) is 6.21 Å². The fourth-order valence-corrected chi connectivity index (χ4v) is 1.68. The van der Waals surface area contributed by atoms with Crippen molar-refractivity contribution < 1.29 is 0 Å². The summed E-state index contributed by atoms with van der Waals surface area (Å²) in [5.41, 5.74) is 1.83. The van der Waals surface area contributed by atoms with E-state index in [1.165, 1.54) is 6.21 Å². The van der Waals surface area contributed by atoms with Crippen LogP contribution in [0.5, 0.6) is 0 Å². The summed E-state index contributed by atoms with van der Waals surface area (Å²) >= 11 is 0. The zero-order chi connectivity index (χ0) is 14.3. The van der Waals surface area contributed by atoms with Gasteiger partial charge in [0.2, 0.25) is 5.82 Å². The van der Waals surface area contributed by atoms with Crippen molar-refractivity contribution in [2.24, 2.45) is 5.10 Å². The Hall–Kier alpha value is -3.26. The van der Waals surface area contributed by atoms with E-state index in [-0.39, 0.29) is 0 Å². The van der Waals surface area contributed by atoms with Gasteiger partial charge in [0, 0.05) is 11.1 Å². The lowest BCUT2D eigenvalue weighted by molar-refractivity contribution is 0.614. The predicted molar refractivity (Wildman–Crippen MR) is 80.5 cm³/mol. The highest BCUT2D eigenvalue weighted by atomic mass is 15.7. The van der Waals surface area contributed by atoms with Crippen LogP contribution in [-0.4, -0.2) is 26.5 Å². The molecule has 0 aliphatic heterocycles. The topological polar surface area (TPSA) is 56.0 Å². The van der Waals surface area contributed by atoms with Crippen molar-refractivity contribution in [3.63, 3.8) is 0 Å². The molecule has 0 saturated carbocycles. The monoisotopic (exact) mass is 273 g/mol. The molecule has 0 atom stereocenters. The Labute approximate surface area is 121 Å². The maximum atomic E-state index is 4.15. The Balaban J connectivity index is 1.71. The van der Waals surface area contributed by atoms with Gasteiger partial charge in [-0.05, 0) is 28.2 Å². The number of tetrazole rings is 1. The van der Waals surface area contributed by atoms with E-state index in [0.29, 0.717) is 5.82 Å². The molecule has 0 radical (unpaired) electrons. The highest BCUT2D eigenvalue weighted by molar-refractivity contribution is 5.79. The molecular weight excluding hydrogens is 262 g/mol. The number of rotatable bonds is 2. The van der Waals surface area contributed by atoms with Crippen LogP contribution in [0.4, 0.5) is 0 Å². The summed E-state index contributed by atoms with van der Waals surface area (Å²) in [7, 11) is 0. The molecule has 5 heteroatoms. The maximum Gasteiger partial charge on any atom is 0.207 e. The number of hydrogen-bond donors (Lipinski definition) is 0. The molecule has 3 rings (SSSR count). The van der Waals surface area contributed by atoms with E-state index in [1.807, 2.05) is 60.7 Å². The summed E-state index contributed by atoms with van der Waals surface area (Å²) in [6.45, 7) is 0. The summed E-state index contributed by atoms with van der Waals surface area (Å²) < 4.78 is 0. The first-order chi connectivity index (χ1) is 10.4. The van der Waals surface area contributed by atoms with Gasteiger partial charge >= 0.3 is 0 Å². The Bertz CT molecular complexity index is 795. The highest BCUT2D eigenvalue weighted by Gasteiger charge is 2.03. The number of hydrogen-bond acceptors (Lipinski definition) is 4. The maximum absolute atomic E-state index is 4.15. The third-order valence-corrected chi connectivity index (χ3v) is 2.65. The van der Waals surface area contributed by atoms with Crippen LogP contribution in [0.3, 0.4) is 0 Å². The lowest BCUT2D eigenvalue weighted by Crippen LogP contribution is -1.93. The van der Waals surface area contributed by atoms with Crippen LogP contribution in [0.25, 0.3) is 11.4 Å². The van der Waals surface area contributed by atoms with Crippen molar-refractivity contribution in [3.05, 3.63) is 66.2 Å². The first kappa shape index (κ1) is 12.8. The van der Waals surface area contributed by atoms with Gasteiger partial charge in [0.05, 0.1) is 0 Å². The fraction of sp³-hybridized carbons (Fsp3) is 0. The van der Waals surface area contributed by atoms with Crippen molar-refractivity contribution in [1.29, 1.82) is 0 Å². The van der Waals surface area contributed by atoms with Gasteiger partial charge in [-0.2, -0.15) is 0 Å². The van der Waals surface area contributed by atoms with Crippen molar-refractivity contribution in [1.82, 2.24) is 20.3 Å². The molecule has 0 amide bonds. The lowest BCUT2D eigenvalue weighted by atomic mass is 10.2. The second-order valence-electron chi connectivity index (χ2n) is 4.13. The average Bonchev–Trinajstić information content (AvgIpc) is 3.02. The Kier molecular flexibility index (Phi) is 3.80. The molecule has 5 nitrogen and oxygen atoms in total. The second-order valence-corrected chi connectivity index (χ2v) is 4.13. The van der Waals surface area contributed by atoms with Crippen molar-refractivity contribution >= 4 is 6.21 Å². The minimum Gasteiger partial charge on any atom is -0.129 e. The highest BCUT2D eigenvalue weighted by Crippen LogP contribution is 2.11.